The molecule has 0 aliphatic carbocycles. The highest BCUT2D eigenvalue weighted by Crippen LogP contribution is 2.30. The maximum absolute atomic E-state index is 12.4. The second-order valence-corrected chi connectivity index (χ2v) is 4.60. The standard InChI is InChI=1S/C15H9F6NO/c16-14(17,18)10-3-1-9(2-4-10)13(23)22-12-7-5-11(6-8-12)15(19,20)21/h1-8H,(H,22,23). The van der Waals surface area contributed by atoms with Crippen molar-refractivity contribution in [3.05, 3.63) is 65.2 Å². The number of carbonyl (C=O) groups is 1. The Morgan fingerprint density at radius 2 is 1.09 bits per heavy atom. The van der Waals surface area contributed by atoms with Gasteiger partial charge in [0.25, 0.3) is 5.91 Å². The van der Waals surface area contributed by atoms with E-state index in [4.69, 9.17) is 0 Å². The maximum atomic E-state index is 12.4. The van der Waals surface area contributed by atoms with E-state index in [-0.39, 0.29) is 11.3 Å². The third kappa shape index (κ3) is 4.24. The number of hydrogen-bond donors (Lipinski definition) is 1. The van der Waals surface area contributed by atoms with E-state index in [0.29, 0.717) is 0 Å². The molecule has 2 aromatic carbocycles. The summed E-state index contributed by atoms with van der Waals surface area (Å²) in [7, 11) is 0. The summed E-state index contributed by atoms with van der Waals surface area (Å²) in [5, 5.41) is 2.31. The van der Waals surface area contributed by atoms with E-state index < -0.39 is 29.4 Å². The Morgan fingerprint density at radius 1 is 0.696 bits per heavy atom. The number of alkyl halides is 6. The monoisotopic (exact) mass is 333 g/mol. The van der Waals surface area contributed by atoms with Crippen molar-refractivity contribution in [2.75, 3.05) is 5.32 Å². The third-order valence-electron chi connectivity index (χ3n) is 2.94. The lowest BCUT2D eigenvalue weighted by Crippen LogP contribution is -2.13. The summed E-state index contributed by atoms with van der Waals surface area (Å²) in [6, 6.07) is 7.19. The lowest BCUT2D eigenvalue weighted by Gasteiger charge is -2.10. The molecular weight excluding hydrogens is 324 g/mol. The summed E-state index contributed by atoms with van der Waals surface area (Å²) < 4.78 is 74.4. The summed E-state index contributed by atoms with van der Waals surface area (Å²) in [6.07, 6.45) is -9.00. The zero-order valence-corrected chi connectivity index (χ0v) is 11.3. The van der Waals surface area contributed by atoms with Gasteiger partial charge in [-0.05, 0) is 48.5 Å². The van der Waals surface area contributed by atoms with E-state index in [1.165, 1.54) is 0 Å². The zero-order chi connectivity index (χ0) is 17.3. The average Bonchev–Trinajstić information content (AvgIpc) is 2.46. The fourth-order valence-electron chi connectivity index (χ4n) is 1.76. The van der Waals surface area contributed by atoms with Crippen molar-refractivity contribution >= 4 is 11.6 Å². The molecular formula is C15H9F6NO. The van der Waals surface area contributed by atoms with E-state index >= 15 is 0 Å². The summed E-state index contributed by atoms with van der Waals surface area (Å²) in [6.45, 7) is 0. The maximum Gasteiger partial charge on any atom is 0.416 e. The molecule has 0 heterocycles. The SMILES string of the molecule is O=C(Nc1ccc(C(F)(F)F)cc1)c1ccc(C(F)(F)F)cc1. The van der Waals surface area contributed by atoms with Crippen LogP contribution in [0.1, 0.15) is 21.5 Å². The Kier molecular flexibility index (Phi) is 4.35. The van der Waals surface area contributed by atoms with Crippen molar-refractivity contribution in [2.24, 2.45) is 0 Å². The second kappa shape index (κ2) is 5.94. The topological polar surface area (TPSA) is 29.1 Å². The van der Waals surface area contributed by atoms with Gasteiger partial charge >= 0.3 is 12.4 Å². The van der Waals surface area contributed by atoms with Crippen LogP contribution in [0.2, 0.25) is 0 Å². The Labute approximate surface area is 126 Å². The van der Waals surface area contributed by atoms with Crippen LogP contribution in [0.5, 0.6) is 0 Å². The quantitative estimate of drug-likeness (QED) is 0.772. The molecule has 0 fully saturated rings. The molecule has 0 bridgehead atoms. The molecule has 0 saturated carbocycles. The van der Waals surface area contributed by atoms with Gasteiger partial charge in [-0.15, -0.1) is 0 Å². The van der Waals surface area contributed by atoms with Crippen LogP contribution in [0.15, 0.2) is 48.5 Å². The minimum Gasteiger partial charge on any atom is -0.322 e. The van der Waals surface area contributed by atoms with Gasteiger partial charge in [-0.3, -0.25) is 4.79 Å². The van der Waals surface area contributed by atoms with Crippen LogP contribution >= 0.6 is 0 Å². The Hall–Kier alpha value is -2.51. The molecule has 0 aliphatic heterocycles. The molecule has 2 aromatic rings. The van der Waals surface area contributed by atoms with Gasteiger partial charge in [-0.2, -0.15) is 26.3 Å². The van der Waals surface area contributed by atoms with Crippen molar-refractivity contribution in [3.63, 3.8) is 0 Å². The van der Waals surface area contributed by atoms with Crippen LogP contribution in [-0.4, -0.2) is 5.91 Å². The zero-order valence-electron chi connectivity index (χ0n) is 11.3. The van der Waals surface area contributed by atoms with Crippen LogP contribution in [0.25, 0.3) is 0 Å². The van der Waals surface area contributed by atoms with Crippen LogP contribution in [0.3, 0.4) is 0 Å². The van der Waals surface area contributed by atoms with Crippen molar-refractivity contribution in [1.82, 2.24) is 0 Å². The molecule has 2 nitrogen and oxygen atoms in total. The van der Waals surface area contributed by atoms with Gasteiger partial charge in [-0.25, -0.2) is 0 Å². The molecule has 0 spiro atoms. The van der Waals surface area contributed by atoms with Crippen molar-refractivity contribution in [3.8, 4) is 0 Å². The molecule has 1 amide bonds. The molecule has 0 aliphatic rings. The van der Waals surface area contributed by atoms with E-state index in [1.807, 2.05) is 0 Å². The van der Waals surface area contributed by atoms with E-state index in [1.54, 1.807) is 0 Å². The number of rotatable bonds is 2. The minimum absolute atomic E-state index is 0.0436. The number of amides is 1. The highest BCUT2D eigenvalue weighted by Gasteiger charge is 2.31. The molecule has 122 valence electrons. The molecule has 0 atom stereocenters. The molecule has 0 radical (unpaired) electrons. The molecule has 0 saturated heterocycles. The lowest BCUT2D eigenvalue weighted by atomic mass is 10.1. The van der Waals surface area contributed by atoms with Crippen LogP contribution in [0.4, 0.5) is 32.0 Å². The van der Waals surface area contributed by atoms with Gasteiger partial charge in [0.2, 0.25) is 0 Å². The summed E-state index contributed by atoms with van der Waals surface area (Å²) in [5.41, 5.74) is -1.71. The van der Waals surface area contributed by atoms with Crippen LogP contribution in [0, 0.1) is 0 Å². The van der Waals surface area contributed by atoms with Crippen molar-refractivity contribution < 1.29 is 31.1 Å². The first-order valence-electron chi connectivity index (χ1n) is 6.23. The van der Waals surface area contributed by atoms with Crippen LogP contribution < -0.4 is 5.32 Å². The number of anilines is 1. The van der Waals surface area contributed by atoms with Gasteiger partial charge in [0, 0.05) is 11.3 Å². The average molecular weight is 333 g/mol. The molecule has 0 aromatic heterocycles. The first kappa shape index (κ1) is 16.9. The highest BCUT2D eigenvalue weighted by atomic mass is 19.4. The molecule has 2 rings (SSSR count). The predicted molar refractivity (Wildman–Crippen MR) is 70.8 cm³/mol. The number of benzene rings is 2. The minimum atomic E-state index is -4.51. The van der Waals surface area contributed by atoms with E-state index in [9.17, 15) is 31.1 Å². The number of hydrogen-bond acceptors (Lipinski definition) is 1. The lowest BCUT2D eigenvalue weighted by molar-refractivity contribution is -0.138. The largest absolute Gasteiger partial charge is 0.416 e. The molecule has 8 heteroatoms. The number of carbonyl (C=O) groups excluding carboxylic acids is 1. The van der Waals surface area contributed by atoms with Crippen molar-refractivity contribution in [1.29, 1.82) is 0 Å². The van der Waals surface area contributed by atoms with E-state index in [0.717, 1.165) is 48.5 Å². The number of nitrogens with one attached hydrogen (secondary N) is 1. The Bertz CT molecular complexity index is 686. The summed E-state index contributed by atoms with van der Waals surface area (Å²) in [4.78, 5) is 11.8. The van der Waals surface area contributed by atoms with Gasteiger partial charge in [-0.1, -0.05) is 0 Å². The molecule has 0 unspecified atom stereocenters. The highest BCUT2D eigenvalue weighted by molar-refractivity contribution is 6.04. The molecule has 1 N–H and O–H groups in total. The smallest absolute Gasteiger partial charge is 0.322 e. The Balaban J connectivity index is 2.10. The van der Waals surface area contributed by atoms with E-state index in [2.05, 4.69) is 5.32 Å². The van der Waals surface area contributed by atoms with Crippen LogP contribution in [-0.2, 0) is 12.4 Å². The second-order valence-electron chi connectivity index (χ2n) is 4.60. The summed E-state index contributed by atoms with van der Waals surface area (Å²) in [5.74, 6) is -0.724. The van der Waals surface area contributed by atoms with Gasteiger partial charge in [0.05, 0.1) is 11.1 Å². The normalized spacial score (nSPS) is 12.1. The summed E-state index contributed by atoms with van der Waals surface area (Å²) >= 11 is 0. The van der Waals surface area contributed by atoms with Crippen molar-refractivity contribution in [2.45, 2.75) is 12.4 Å². The number of halogens is 6. The predicted octanol–water partition coefficient (Wildman–Crippen LogP) is 4.98. The van der Waals surface area contributed by atoms with Gasteiger partial charge < -0.3 is 5.32 Å². The van der Waals surface area contributed by atoms with Gasteiger partial charge in [0.1, 0.15) is 0 Å². The fourth-order valence-corrected chi connectivity index (χ4v) is 1.76. The van der Waals surface area contributed by atoms with Gasteiger partial charge in [0.15, 0.2) is 0 Å². The first-order chi connectivity index (χ1) is 10.6. The Morgan fingerprint density at radius 3 is 1.48 bits per heavy atom. The fraction of sp³-hybridized carbons (Fsp3) is 0.133. The first-order valence-corrected chi connectivity index (χ1v) is 6.23. The molecule has 23 heavy (non-hydrogen) atoms. The third-order valence-corrected chi connectivity index (χ3v) is 2.94.